The van der Waals surface area contributed by atoms with Gasteiger partial charge in [-0.15, -0.1) is 11.3 Å². The Kier molecular flexibility index (Phi) is 12.3. The van der Waals surface area contributed by atoms with Gasteiger partial charge in [-0.1, -0.05) is 6.08 Å². The first-order chi connectivity index (χ1) is 29.1. The van der Waals surface area contributed by atoms with Crippen LogP contribution in [0, 0.1) is 17.7 Å². The number of Topliss-reactive ketones (excluding diaryl/α,β-unsaturated/α-hetero) is 2. The quantitative estimate of drug-likeness (QED) is 0.0665. The Bertz CT molecular complexity index is 2360. The number of aromatic nitrogens is 2. The van der Waals surface area contributed by atoms with Gasteiger partial charge in [0, 0.05) is 79.1 Å². The number of piperidine rings is 1. The molecule has 2 aliphatic heterocycles. The number of ketones is 2. The lowest BCUT2D eigenvalue weighted by molar-refractivity contribution is -0.137. The van der Waals surface area contributed by atoms with E-state index in [4.69, 9.17) is 9.47 Å². The molecule has 17 heteroatoms. The fourth-order valence-electron chi connectivity index (χ4n) is 7.97. The molecule has 2 atom stereocenters. The average Bonchev–Trinajstić information content (AvgIpc) is 4.02. The summed E-state index contributed by atoms with van der Waals surface area (Å²) in [4.78, 5) is 77.9. The SMILES string of the molecule is COc1cc(Nc2nc(N3CCN(CCOCCNc4ccc5c(c4)C(=O)C(C4CCC(=O)NC4=O)C5=O)CC3)ncc2F)ccc1NC(=O)c1ccc(C2=CCCC2)s1. The van der Waals surface area contributed by atoms with Crippen LogP contribution in [0.4, 0.5) is 33.2 Å². The second kappa shape index (κ2) is 18.1. The molecular weight excluding hydrogens is 792 g/mol. The van der Waals surface area contributed by atoms with E-state index < -0.39 is 29.5 Å². The number of fused-ring (bicyclic) bond motifs is 1. The Hall–Kier alpha value is -6.04. The van der Waals surface area contributed by atoms with E-state index in [2.05, 4.69) is 42.2 Å². The number of rotatable bonds is 15. The molecular formula is C43H45FN8O7S. The Morgan fingerprint density at radius 3 is 2.57 bits per heavy atom. The van der Waals surface area contributed by atoms with Gasteiger partial charge >= 0.3 is 0 Å². The van der Waals surface area contributed by atoms with Gasteiger partial charge in [-0.05, 0) is 73.7 Å². The van der Waals surface area contributed by atoms with Gasteiger partial charge < -0.3 is 30.3 Å². The summed E-state index contributed by atoms with van der Waals surface area (Å²) in [6, 6.07) is 13.9. The normalized spacial score (nSPS) is 19.2. The summed E-state index contributed by atoms with van der Waals surface area (Å²) >= 11 is 1.47. The number of hydrogen-bond donors (Lipinski definition) is 4. The molecule has 8 rings (SSSR count). The maximum atomic E-state index is 15.0. The number of piperazine rings is 1. The zero-order valence-corrected chi connectivity index (χ0v) is 33.9. The summed E-state index contributed by atoms with van der Waals surface area (Å²) < 4.78 is 26.4. The molecule has 15 nitrogen and oxygen atoms in total. The Balaban J connectivity index is 0.767. The number of benzene rings is 2. The summed E-state index contributed by atoms with van der Waals surface area (Å²) in [5.41, 5.74) is 3.56. The minimum atomic E-state index is -1.10. The van der Waals surface area contributed by atoms with Crippen molar-refractivity contribution in [3.05, 3.63) is 87.5 Å². The topological polar surface area (TPSA) is 184 Å². The van der Waals surface area contributed by atoms with E-state index in [9.17, 15) is 28.4 Å². The summed E-state index contributed by atoms with van der Waals surface area (Å²) in [6.45, 7) is 4.87. The number of thiophene rings is 1. The number of methoxy groups -OCH3 is 1. The van der Waals surface area contributed by atoms with Crippen LogP contribution in [0.15, 0.2) is 60.8 Å². The van der Waals surface area contributed by atoms with Crippen molar-refractivity contribution in [2.24, 2.45) is 11.8 Å². The largest absolute Gasteiger partial charge is 0.494 e. The van der Waals surface area contributed by atoms with Crippen molar-refractivity contribution in [1.82, 2.24) is 20.2 Å². The standard InChI is InChI=1S/C43H45FN8O7S/c1-58-33-23-27(7-10-32(33)48-42(57)35-12-11-34(60-35)25-4-2-3-5-25)47-40-31(44)24-46-43(50-40)52-17-15-51(16-18-52)19-21-59-20-14-45-26-6-8-28-30(22-26)39(55)37(38(28)54)29-9-13-36(53)49-41(29)56/h4,6-8,10-12,22-24,29,37,45H,2-3,5,9,13-21H2,1H3,(H,48,57)(H,46,47,50)(H,49,53,56). The van der Waals surface area contributed by atoms with Crippen LogP contribution in [-0.2, 0) is 14.3 Å². The lowest BCUT2D eigenvalue weighted by Crippen LogP contribution is -2.48. The summed E-state index contributed by atoms with van der Waals surface area (Å²) in [7, 11) is 1.51. The number of nitrogens with one attached hydrogen (secondary N) is 4. The molecule has 312 valence electrons. The van der Waals surface area contributed by atoms with Crippen molar-refractivity contribution >= 4 is 75.0 Å². The Morgan fingerprint density at radius 2 is 1.78 bits per heavy atom. The molecule has 3 amide bonds. The van der Waals surface area contributed by atoms with E-state index in [-0.39, 0.29) is 41.7 Å². The maximum Gasteiger partial charge on any atom is 0.265 e. The molecule has 4 aromatic rings. The third-order valence-corrected chi connectivity index (χ3v) is 12.4. The highest BCUT2D eigenvalue weighted by atomic mass is 32.1. The highest BCUT2D eigenvalue weighted by molar-refractivity contribution is 7.15. The monoisotopic (exact) mass is 836 g/mol. The van der Waals surface area contributed by atoms with Gasteiger partial charge in [0.15, 0.2) is 23.2 Å². The maximum absolute atomic E-state index is 15.0. The van der Waals surface area contributed by atoms with Crippen LogP contribution in [0.2, 0.25) is 0 Å². The van der Waals surface area contributed by atoms with E-state index >= 15 is 0 Å². The minimum absolute atomic E-state index is 0.0204. The predicted molar refractivity (Wildman–Crippen MR) is 225 cm³/mol. The first kappa shape index (κ1) is 40.7. The number of imide groups is 1. The Labute approximate surface area is 349 Å². The van der Waals surface area contributed by atoms with E-state index in [1.807, 2.05) is 17.0 Å². The minimum Gasteiger partial charge on any atom is -0.494 e. The van der Waals surface area contributed by atoms with Gasteiger partial charge in [0.05, 0.1) is 48.9 Å². The van der Waals surface area contributed by atoms with Gasteiger partial charge in [-0.25, -0.2) is 9.37 Å². The first-order valence-corrected chi connectivity index (χ1v) is 20.9. The summed E-state index contributed by atoms with van der Waals surface area (Å²) in [6.07, 6.45) is 6.91. The third kappa shape index (κ3) is 8.92. The molecule has 0 bridgehead atoms. The smallest absolute Gasteiger partial charge is 0.265 e. The molecule has 0 radical (unpaired) electrons. The highest BCUT2D eigenvalue weighted by Gasteiger charge is 2.47. The molecule has 0 saturated carbocycles. The lowest BCUT2D eigenvalue weighted by atomic mass is 9.82. The van der Waals surface area contributed by atoms with Gasteiger partial charge in [-0.2, -0.15) is 4.98 Å². The second-order valence-electron chi connectivity index (χ2n) is 15.0. The zero-order valence-electron chi connectivity index (χ0n) is 33.1. The van der Waals surface area contributed by atoms with Crippen LogP contribution in [-0.4, -0.2) is 104 Å². The van der Waals surface area contributed by atoms with Crippen molar-refractivity contribution in [3.8, 4) is 5.75 Å². The van der Waals surface area contributed by atoms with Crippen molar-refractivity contribution in [1.29, 1.82) is 0 Å². The fraction of sp³-hybridized carbons (Fsp3) is 0.372. The number of anilines is 5. The van der Waals surface area contributed by atoms with Crippen LogP contribution < -0.4 is 30.9 Å². The number of amides is 3. The molecule has 2 aromatic carbocycles. The number of hydrogen-bond acceptors (Lipinski definition) is 14. The van der Waals surface area contributed by atoms with Gasteiger partial charge in [-0.3, -0.25) is 34.2 Å². The third-order valence-electron chi connectivity index (χ3n) is 11.2. The predicted octanol–water partition coefficient (Wildman–Crippen LogP) is 5.55. The van der Waals surface area contributed by atoms with E-state index in [1.165, 1.54) is 24.0 Å². The number of allylic oxidation sites excluding steroid dienone is 2. The molecule has 4 N–H and O–H groups in total. The molecule has 2 aliphatic carbocycles. The van der Waals surface area contributed by atoms with Crippen molar-refractivity contribution in [2.45, 2.75) is 32.1 Å². The van der Waals surface area contributed by atoms with E-state index in [1.54, 1.807) is 36.4 Å². The number of carbonyl (C=O) groups is 5. The lowest BCUT2D eigenvalue weighted by Gasteiger charge is -2.34. The molecule has 2 saturated heterocycles. The van der Waals surface area contributed by atoms with Crippen LogP contribution in [0.3, 0.4) is 0 Å². The van der Waals surface area contributed by atoms with Crippen LogP contribution >= 0.6 is 11.3 Å². The summed E-state index contributed by atoms with van der Waals surface area (Å²) in [5.74, 6) is -3.67. The van der Waals surface area contributed by atoms with E-state index in [0.717, 1.165) is 43.4 Å². The molecule has 2 unspecified atom stereocenters. The molecule has 4 aliphatic rings. The highest BCUT2D eigenvalue weighted by Crippen LogP contribution is 2.37. The number of carbonyl (C=O) groups excluding carboxylic acids is 5. The van der Waals surface area contributed by atoms with Crippen LogP contribution in [0.25, 0.3) is 5.57 Å². The van der Waals surface area contributed by atoms with Crippen molar-refractivity contribution in [2.75, 3.05) is 80.4 Å². The fourth-order valence-corrected chi connectivity index (χ4v) is 8.94. The first-order valence-electron chi connectivity index (χ1n) is 20.1. The van der Waals surface area contributed by atoms with Crippen LogP contribution in [0.1, 0.15) is 67.4 Å². The average molecular weight is 837 g/mol. The van der Waals surface area contributed by atoms with E-state index in [0.29, 0.717) is 78.6 Å². The molecule has 4 heterocycles. The molecule has 60 heavy (non-hydrogen) atoms. The molecule has 2 fully saturated rings. The second-order valence-corrected chi connectivity index (χ2v) is 16.1. The van der Waals surface area contributed by atoms with Crippen molar-refractivity contribution in [3.63, 3.8) is 0 Å². The van der Waals surface area contributed by atoms with Crippen molar-refractivity contribution < 1.29 is 37.8 Å². The summed E-state index contributed by atoms with van der Waals surface area (Å²) in [5, 5.41) is 11.4. The van der Waals surface area contributed by atoms with Gasteiger partial charge in [0.2, 0.25) is 17.8 Å². The molecule has 2 aromatic heterocycles. The van der Waals surface area contributed by atoms with Gasteiger partial charge in [0.25, 0.3) is 5.91 Å². The Morgan fingerprint density at radius 1 is 0.967 bits per heavy atom. The van der Waals surface area contributed by atoms with Crippen LogP contribution in [0.5, 0.6) is 5.75 Å². The number of nitrogens with zero attached hydrogens (tertiary/aromatic N) is 4. The number of halogens is 1. The zero-order chi connectivity index (χ0) is 41.8. The number of ether oxygens (including phenoxy) is 2. The van der Waals surface area contributed by atoms with Gasteiger partial charge in [0.1, 0.15) is 5.75 Å². The molecule has 0 spiro atoms.